The largest absolute Gasteiger partial charge is 0.293 e. The maximum Gasteiger partial charge on any atom is 0.174 e. The minimum Gasteiger partial charge on any atom is -0.293 e. The first-order valence-corrected chi connectivity index (χ1v) is 5.79. The zero-order chi connectivity index (χ0) is 9.26. The third-order valence-corrected chi connectivity index (χ3v) is 3.95. The maximum absolute atomic E-state index is 11.7. The van der Waals surface area contributed by atoms with E-state index in [1.54, 1.807) is 6.07 Å². The van der Waals surface area contributed by atoms with Crippen LogP contribution in [-0.4, -0.2) is 5.78 Å². The molecule has 2 rings (SSSR count). The van der Waals surface area contributed by atoms with Gasteiger partial charge in [-0.1, -0.05) is 30.9 Å². The zero-order valence-electron chi connectivity index (χ0n) is 7.25. The lowest BCUT2D eigenvalue weighted by Crippen LogP contribution is -2.15. The van der Waals surface area contributed by atoms with Crippen molar-refractivity contribution in [2.45, 2.75) is 25.7 Å². The highest BCUT2D eigenvalue weighted by Gasteiger charge is 2.22. The number of halogens is 1. The van der Waals surface area contributed by atoms with Gasteiger partial charge in [0, 0.05) is 6.42 Å². The standard InChI is InChI=1S/C10H11ClOS/c11-8-4-5-13-10(8)9(12)6-7-2-1-3-7/h4-5,7H,1-3,6H2. The van der Waals surface area contributed by atoms with Crippen molar-refractivity contribution in [1.82, 2.24) is 0 Å². The van der Waals surface area contributed by atoms with Gasteiger partial charge in [0.1, 0.15) is 0 Å². The number of carbonyl (C=O) groups excluding carboxylic acids is 1. The van der Waals surface area contributed by atoms with Crippen molar-refractivity contribution < 1.29 is 4.79 Å². The topological polar surface area (TPSA) is 17.1 Å². The third-order valence-electron chi connectivity index (χ3n) is 2.57. The van der Waals surface area contributed by atoms with Crippen LogP contribution < -0.4 is 0 Å². The average molecular weight is 215 g/mol. The van der Waals surface area contributed by atoms with Gasteiger partial charge in [-0.25, -0.2) is 0 Å². The first-order valence-electron chi connectivity index (χ1n) is 4.53. The Bertz CT molecular complexity index is 314. The molecule has 13 heavy (non-hydrogen) atoms. The monoisotopic (exact) mass is 214 g/mol. The van der Waals surface area contributed by atoms with Crippen molar-refractivity contribution in [1.29, 1.82) is 0 Å². The summed E-state index contributed by atoms with van der Waals surface area (Å²) in [6.45, 7) is 0. The SMILES string of the molecule is O=C(CC1CCC1)c1sccc1Cl. The Morgan fingerprint density at radius 1 is 1.62 bits per heavy atom. The number of ketones is 1. The van der Waals surface area contributed by atoms with Gasteiger partial charge < -0.3 is 0 Å². The van der Waals surface area contributed by atoms with Crippen LogP contribution in [-0.2, 0) is 0 Å². The Hall–Kier alpha value is -0.340. The van der Waals surface area contributed by atoms with Crippen LogP contribution in [0, 0.1) is 5.92 Å². The highest BCUT2D eigenvalue weighted by Crippen LogP contribution is 2.32. The van der Waals surface area contributed by atoms with Crippen molar-refractivity contribution in [2.24, 2.45) is 5.92 Å². The molecule has 1 heterocycles. The Balaban J connectivity index is 2.00. The maximum atomic E-state index is 11.7. The molecule has 1 nitrogen and oxygen atoms in total. The van der Waals surface area contributed by atoms with Crippen molar-refractivity contribution in [2.75, 3.05) is 0 Å². The van der Waals surface area contributed by atoms with Crippen LogP contribution >= 0.6 is 22.9 Å². The summed E-state index contributed by atoms with van der Waals surface area (Å²) in [5, 5.41) is 2.49. The fourth-order valence-electron chi connectivity index (χ4n) is 1.54. The number of thiophene rings is 1. The van der Waals surface area contributed by atoms with E-state index in [1.165, 1.54) is 30.6 Å². The van der Waals surface area contributed by atoms with Gasteiger partial charge in [0.25, 0.3) is 0 Å². The zero-order valence-corrected chi connectivity index (χ0v) is 8.83. The van der Waals surface area contributed by atoms with Gasteiger partial charge >= 0.3 is 0 Å². The van der Waals surface area contributed by atoms with Crippen LogP contribution in [0.25, 0.3) is 0 Å². The van der Waals surface area contributed by atoms with Crippen LogP contribution in [0.4, 0.5) is 0 Å². The van der Waals surface area contributed by atoms with E-state index in [1.807, 2.05) is 5.38 Å². The number of carbonyl (C=O) groups is 1. The highest BCUT2D eigenvalue weighted by atomic mass is 35.5. The molecule has 0 aromatic carbocycles. The van der Waals surface area contributed by atoms with E-state index in [9.17, 15) is 4.79 Å². The Kier molecular flexibility index (Phi) is 2.70. The molecule has 0 spiro atoms. The van der Waals surface area contributed by atoms with Gasteiger partial charge in [-0.2, -0.15) is 0 Å². The fourth-order valence-corrected chi connectivity index (χ4v) is 2.66. The summed E-state index contributed by atoms with van der Waals surface area (Å²) >= 11 is 7.32. The molecule has 0 atom stereocenters. The average Bonchev–Trinajstić information content (AvgIpc) is 2.43. The number of hydrogen-bond donors (Lipinski definition) is 0. The second-order valence-corrected chi connectivity index (χ2v) is 4.85. The summed E-state index contributed by atoms with van der Waals surface area (Å²) in [6, 6.07) is 1.79. The van der Waals surface area contributed by atoms with Crippen molar-refractivity contribution in [3.8, 4) is 0 Å². The summed E-state index contributed by atoms with van der Waals surface area (Å²) in [4.78, 5) is 12.4. The van der Waals surface area contributed by atoms with Crippen LogP contribution in [0.1, 0.15) is 35.4 Å². The first-order chi connectivity index (χ1) is 6.27. The molecule has 1 aliphatic carbocycles. The van der Waals surface area contributed by atoms with Crippen LogP contribution in [0.5, 0.6) is 0 Å². The third kappa shape index (κ3) is 1.94. The minimum absolute atomic E-state index is 0.227. The van der Waals surface area contributed by atoms with E-state index in [0.717, 1.165) is 4.88 Å². The Labute approximate surface area is 86.7 Å². The van der Waals surface area contributed by atoms with Crippen molar-refractivity contribution in [3.05, 3.63) is 21.3 Å². The molecule has 0 radical (unpaired) electrons. The second-order valence-electron chi connectivity index (χ2n) is 3.52. The van der Waals surface area contributed by atoms with E-state index in [0.29, 0.717) is 17.4 Å². The molecule has 0 amide bonds. The van der Waals surface area contributed by atoms with Gasteiger partial charge in [-0.3, -0.25) is 4.79 Å². The molecular formula is C10H11ClOS. The van der Waals surface area contributed by atoms with E-state index in [4.69, 9.17) is 11.6 Å². The van der Waals surface area contributed by atoms with E-state index in [2.05, 4.69) is 0 Å². The van der Waals surface area contributed by atoms with Crippen molar-refractivity contribution in [3.63, 3.8) is 0 Å². The van der Waals surface area contributed by atoms with Gasteiger partial charge in [0.05, 0.1) is 9.90 Å². The van der Waals surface area contributed by atoms with Gasteiger partial charge in [0.2, 0.25) is 0 Å². The molecule has 0 aliphatic heterocycles. The number of rotatable bonds is 3. The summed E-state index contributed by atoms with van der Waals surface area (Å²) in [6.07, 6.45) is 4.42. The van der Waals surface area contributed by atoms with Crippen molar-refractivity contribution >= 4 is 28.7 Å². The summed E-state index contributed by atoms with van der Waals surface area (Å²) in [5.41, 5.74) is 0. The quantitative estimate of drug-likeness (QED) is 0.700. The lowest BCUT2D eigenvalue weighted by Gasteiger charge is -2.24. The number of Topliss-reactive ketones (excluding diaryl/α,β-unsaturated/α-hetero) is 1. The van der Waals surface area contributed by atoms with E-state index in [-0.39, 0.29) is 5.78 Å². The molecule has 0 N–H and O–H groups in total. The Morgan fingerprint density at radius 2 is 2.38 bits per heavy atom. The smallest absolute Gasteiger partial charge is 0.174 e. The van der Waals surface area contributed by atoms with Gasteiger partial charge in [-0.15, -0.1) is 11.3 Å². The molecule has 1 saturated carbocycles. The van der Waals surface area contributed by atoms with Gasteiger partial charge in [0.15, 0.2) is 5.78 Å². The molecule has 1 aliphatic rings. The summed E-state index contributed by atoms with van der Waals surface area (Å²) in [5.74, 6) is 0.857. The van der Waals surface area contributed by atoms with E-state index < -0.39 is 0 Å². The molecular weight excluding hydrogens is 204 g/mol. The fraction of sp³-hybridized carbons (Fsp3) is 0.500. The minimum atomic E-state index is 0.227. The molecule has 0 bridgehead atoms. The van der Waals surface area contributed by atoms with E-state index >= 15 is 0 Å². The normalized spacial score (nSPS) is 17.0. The molecule has 1 aromatic rings. The molecule has 0 unspecified atom stereocenters. The number of hydrogen-bond acceptors (Lipinski definition) is 2. The van der Waals surface area contributed by atoms with Crippen LogP contribution in [0.2, 0.25) is 5.02 Å². The lowest BCUT2D eigenvalue weighted by atomic mass is 9.82. The molecule has 1 fully saturated rings. The second kappa shape index (κ2) is 3.81. The first kappa shape index (κ1) is 9.22. The predicted molar refractivity (Wildman–Crippen MR) is 55.6 cm³/mol. The highest BCUT2D eigenvalue weighted by molar-refractivity contribution is 7.12. The molecule has 0 saturated heterocycles. The lowest BCUT2D eigenvalue weighted by molar-refractivity contribution is 0.0940. The van der Waals surface area contributed by atoms with Gasteiger partial charge in [-0.05, 0) is 17.4 Å². The van der Waals surface area contributed by atoms with Crippen LogP contribution in [0.15, 0.2) is 11.4 Å². The predicted octanol–water partition coefficient (Wildman–Crippen LogP) is 3.77. The summed E-state index contributed by atoms with van der Waals surface area (Å²) < 4.78 is 0. The molecule has 1 aromatic heterocycles. The molecule has 70 valence electrons. The Morgan fingerprint density at radius 3 is 2.85 bits per heavy atom. The summed E-state index contributed by atoms with van der Waals surface area (Å²) in [7, 11) is 0. The van der Waals surface area contributed by atoms with Crippen LogP contribution in [0.3, 0.4) is 0 Å². The molecule has 3 heteroatoms.